The lowest BCUT2D eigenvalue weighted by molar-refractivity contribution is 0.490. The third kappa shape index (κ3) is 2.66. The van der Waals surface area contributed by atoms with Gasteiger partial charge in [0.1, 0.15) is 5.82 Å². The van der Waals surface area contributed by atoms with Crippen LogP contribution in [0.5, 0.6) is 0 Å². The summed E-state index contributed by atoms with van der Waals surface area (Å²) in [4.78, 5) is 5.07. The first-order valence-electron chi connectivity index (χ1n) is 11.4. The van der Waals surface area contributed by atoms with Gasteiger partial charge in [0.25, 0.3) is 0 Å². The van der Waals surface area contributed by atoms with Crippen LogP contribution in [0.3, 0.4) is 0 Å². The van der Waals surface area contributed by atoms with E-state index >= 15 is 0 Å². The summed E-state index contributed by atoms with van der Waals surface area (Å²) in [6.45, 7) is 7.93. The molecule has 30 heavy (non-hydrogen) atoms. The third-order valence-electron chi connectivity index (χ3n) is 7.12. The number of fused-ring (bicyclic) bond motifs is 4. The molecule has 0 saturated carbocycles. The van der Waals surface area contributed by atoms with E-state index in [1.54, 1.807) is 0 Å². The lowest BCUT2D eigenvalue weighted by Gasteiger charge is -2.29. The van der Waals surface area contributed by atoms with Crippen LogP contribution >= 0.6 is 0 Å². The Labute approximate surface area is 179 Å². The second-order valence-corrected chi connectivity index (χ2v) is 8.52. The summed E-state index contributed by atoms with van der Waals surface area (Å²) in [5.41, 5.74) is 9.42. The van der Waals surface area contributed by atoms with Gasteiger partial charge >= 0.3 is 0 Å². The topological polar surface area (TPSA) is 17.8 Å². The highest BCUT2D eigenvalue weighted by molar-refractivity contribution is 5.85. The number of imidazole rings is 1. The number of nitrogens with zero attached hydrogens (tertiary/aromatic N) is 2. The summed E-state index contributed by atoms with van der Waals surface area (Å²) in [6.07, 6.45) is 4.57. The van der Waals surface area contributed by atoms with E-state index in [0.717, 1.165) is 37.1 Å². The van der Waals surface area contributed by atoms with Crippen LogP contribution in [-0.2, 0) is 12.0 Å². The maximum absolute atomic E-state index is 5.07. The van der Waals surface area contributed by atoms with E-state index in [0.29, 0.717) is 0 Å². The number of rotatable bonds is 6. The smallest absolute Gasteiger partial charge is 0.141 e. The molecule has 0 fully saturated rings. The zero-order valence-corrected chi connectivity index (χ0v) is 18.3. The van der Waals surface area contributed by atoms with E-state index in [2.05, 4.69) is 92.1 Å². The van der Waals surface area contributed by atoms with E-state index < -0.39 is 0 Å². The van der Waals surface area contributed by atoms with Crippen molar-refractivity contribution in [1.82, 2.24) is 9.55 Å². The molecule has 4 aromatic rings. The summed E-state index contributed by atoms with van der Waals surface area (Å²) < 4.78 is 2.42. The Morgan fingerprint density at radius 3 is 2.33 bits per heavy atom. The summed E-state index contributed by atoms with van der Waals surface area (Å²) >= 11 is 0. The van der Waals surface area contributed by atoms with Crippen molar-refractivity contribution >= 4 is 11.0 Å². The standard InChI is InChI=1S/C28H30N2/c1-4-7-18-30-26-15-11-10-14-25(26)29-27(30)20-16-17-22-21-12-8-9-13-23(21)28(5-2,6-3)24(22)19-20/h8-17,19H,4-7,18H2,1-3H3. The molecule has 152 valence electrons. The minimum Gasteiger partial charge on any atom is -0.324 e. The molecule has 0 aliphatic heterocycles. The van der Waals surface area contributed by atoms with Crippen LogP contribution in [0.2, 0.25) is 0 Å². The number of hydrogen-bond donors (Lipinski definition) is 0. The molecule has 1 heterocycles. The van der Waals surface area contributed by atoms with E-state index in [4.69, 9.17) is 4.98 Å². The van der Waals surface area contributed by atoms with Gasteiger partial charge in [0.15, 0.2) is 0 Å². The number of unbranched alkanes of at least 4 members (excludes halogenated alkanes) is 1. The Balaban J connectivity index is 1.72. The van der Waals surface area contributed by atoms with Crippen molar-refractivity contribution in [2.45, 2.75) is 58.4 Å². The second-order valence-electron chi connectivity index (χ2n) is 8.52. The molecule has 1 aliphatic rings. The normalized spacial score (nSPS) is 14.1. The summed E-state index contributed by atoms with van der Waals surface area (Å²) in [5.74, 6) is 1.10. The first kappa shape index (κ1) is 19.1. The van der Waals surface area contributed by atoms with Gasteiger partial charge in [-0.1, -0.05) is 75.7 Å². The van der Waals surface area contributed by atoms with Gasteiger partial charge < -0.3 is 4.57 Å². The molecule has 0 atom stereocenters. The van der Waals surface area contributed by atoms with Crippen LogP contribution < -0.4 is 0 Å². The fourth-order valence-corrected chi connectivity index (χ4v) is 5.44. The monoisotopic (exact) mass is 394 g/mol. The summed E-state index contributed by atoms with van der Waals surface area (Å²) in [7, 11) is 0. The minimum absolute atomic E-state index is 0.0994. The van der Waals surface area contributed by atoms with Crippen molar-refractivity contribution in [1.29, 1.82) is 0 Å². The second kappa shape index (κ2) is 7.43. The molecule has 0 radical (unpaired) electrons. The molecule has 2 heteroatoms. The van der Waals surface area contributed by atoms with Gasteiger partial charge in [-0.3, -0.25) is 0 Å². The van der Waals surface area contributed by atoms with E-state index in [1.807, 2.05) is 0 Å². The molecule has 0 N–H and O–H groups in total. The number of benzene rings is 3. The maximum Gasteiger partial charge on any atom is 0.141 e. The molecule has 0 bridgehead atoms. The Bertz CT molecular complexity index is 1210. The number of para-hydroxylation sites is 2. The fraction of sp³-hybridized carbons (Fsp3) is 0.321. The number of aromatic nitrogens is 2. The molecule has 0 amide bonds. The zero-order chi connectivity index (χ0) is 20.7. The Morgan fingerprint density at radius 1 is 0.800 bits per heavy atom. The average Bonchev–Trinajstić information content (AvgIpc) is 3.31. The van der Waals surface area contributed by atoms with Crippen molar-refractivity contribution in [3.05, 3.63) is 77.9 Å². The van der Waals surface area contributed by atoms with Gasteiger partial charge in [0.05, 0.1) is 11.0 Å². The maximum atomic E-state index is 5.07. The number of hydrogen-bond acceptors (Lipinski definition) is 1. The van der Waals surface area contributed by atoms with Gasteiger partial charge in [-0.05, 0) is 59.7 Å². The third-order valence-corrected chi connectivity index (χ3v) is 7.12. The Kier molecular flexibility index (Phi) is 4.73. The Morgan fingerprint density at radius 2 is 1.53 bits per heavy atom. The Hall–Kier alpha value is -2.87. The van der Waals surface area contributed by atoms with E-state index in [1.165, 1.54) is 39.8 Å². The summed E-state index contributed by atoms with van der Waals surface area (Å²) in [6, 6.07) is 24.6. The van der Waals surface area contributed by atoms with Gasteiger partial charge in [-0.25, -0.2) is 4.98 Å². The molecule has 5 rings (SSSR count). The van der Waals surface area contributed by atoms with Gasteiger partial charge in [-0.2, -0.15) is 0 Å². The SMILES string of the molecule is CCCCn1c(-c2ccc3c(c2)C(CC)(CC)c2ccccc2-3)nc2ccccc21. The van der Waals surface area contributed by atoms with Crippen molar-refractivity contribution in [2.24, 2.45) is 0 Å². The highest BCUT2D eigenvalue weighted by Gasteiger charge is 2.40. The highest BCUT2D eigenvalue weighted by atomic mass is 15.1. The molecule has 0 saturated heterocycles. The van der Waals surface area contributed by atoms with E-state index in [9.17, 15) is 0 Å². The first-order valence-corrected chi connectivity index (χ1v) is 11.4. The van der Waals surface area contributed by atoms with Crippen LogP contribution in [-0.4, -0.2) is 9.55 Å². The highest BCUT2D eigenvalue weighted by Crippen LogP contribution is 2.53. The predicted molar refractivity (Wildman–Crippen MR) is 127 cm³/mol. The molecule has 2 nitrogen and oxygen atoms in total. The molecule has 0 spiro atoms. The first-order chi connectivity index (χ1) is 14.7. The molecular weight excluding hydrogens is 364 g/mol. The summed E-state index contributed by atoms with van der Waals surface area (Å²) in [5, 5.41) is 0. The molecule has 3 aromatic carbocycles. The zero-order valence-electron chi connectivity index (χ0n) is 18.3. The quantitative estimate of drug-likeness (QED) is 0.329. The van der Waals surface area contributed by atoms with Crippen molar-refractivity contribution in [3.8, 4) is 22.5 Å². The van der Waals surface area contributed by atoms with Crippen LogP contribution in [0, 0.1) is 0 Å². The van der Waals surface area contributed by atoms with Crippen LogP contribution in [0.15, 0.2) is 66.7 Å². The molecule has 1 aromatic heterocycles. The molecular formula is C28H30N2. The fourth-order valence-electron chi connectivity index (χ4n) is 5.44. The number of aryl methyl sites for hydroxylation is 1. The van der Waals surface area contributed by atoms with Crippen LogP contribution in [0.4, 0.5) is 0 Å². The molecule has 1 aliphatic carbocycles. The lowest BCUT2D eigenvalue weighted by atomic mass is 9.73. The van der Waals surface area contributed by atoms with Crippen LogP contribution in [0.1, 0.15) is 57.6 Å². The minimum atomic E-state index is 0.0994. The molecule has 0 unspecified atom stereocenters. The van der Waals surface area contributed by atoms with E-state index in [-0.39, 0.29) is 5.41 Å². The van der Waals surface area contributed by atoms with Crippen molar-refractivity contribution in [2.75, 3.05) is 0 Å². The largest absolute Gasteiger partial charge is 0.324 e. The van der Waals surface area contributed by atoms with Gasteiger partial charge in [0, 0.05) is 17.5 Å². The van der Waals surface area contributed by atoms with Gasteiger partial charge in [0.2, 0.25) is 0 Å². The lowest BCUT2D eigenvalue weighted by Crippen LogP contribution is -2.23. The van der Waals surface area contributed by atoms with Crippen molar-refractivity contribution < 1.29 is 0 Å². The van der Waals surface area contributed by atoms with Crippen LogP contribution in [0.25, 0.3) is 33.5 Å². The van der Waals surface area contributed by atoms with Gasteiger partial charge in [-0.15, -0.1) is 0 Å². The average molecular weight is 395 g/mol. The predicted octanol–water partition coefficient (Wildman–Crippen LogP) is 7.59. The van der Waals surface area contributed by atoms with Crippen molar-refractivity contribution in [3.63, 3.8) is 0 Å².